The lowest BCUT2D eigenvalue weighted by molar-refractivity contribution is -0.131. The number of ketones is 1. The van der Waals surface area contributed by atoms with Gasteiger partial charge in [0, 0.05) is 7.11 Å². The van der Waals surface area contributed by atoms with Crippen LogP contribution in [0.15, 0.2) is 142 Å². The van der Waals surface area contributed by atoms with Crippen molar-refractivity contribution >= 4 is 5.78 Å². The van der Waals surface area contributed by atoms with Crippen LogP contribution in [0.1, 0.15) is 94.9 Å². The summed E-state index contributed by atoms with van der Waals surface area (Å²) in [6.45, 7) is 20.5. The highest BCUT2D eigenvalue weighted by molar-refractivity contribution is 5.96. The van der Waals surface area contributed by atoms with Gasteiger partial charge in [0.15, 0.2) is 5.78 Å². The van der Waals surface area contributed by atoms with E-state index in [4.69, 9.17) is 4.74 Å². The van der Waals surface area contributed by atoms with Gasteiger partial charge < -0.3 is 4.74 Å². The molecule has 0 amide bonds. The summed E-state index contributed by atoms with van der Waals surface area (Å²) in [7, 11) is 1.55. The summed E-state index contributed by atoms with van der Waals surface area (Å²) < 4.78 is 5.21. The molecule has 0 aliphatic carbocycles. The van der Waals surface area contributed by atoms with Crippen LogP contribution >= 0.6 is 0 Å². The normalized spacial score (nSPS) is 15.3. The van der Waals surface area contributed by atoms with E-state index in [0.717, 1.165) is 36.8 Å². The van der Waals surface area contributed by atoms with E-state index in [0.29, 0.717) is 0 Å². The molecule has 0 N–H and O–H groups in total. The van der Waals surface area contributed by atoms with Crippen LogP contribution in [-0.2, 0) is 9.53 Å². The minimum absolute atomic E-state index is 0.0526. The predicted octanol–water partition coefficient (Wildman–Crippen LogP) is 12.0. The first-order valence-electron chi connectivity index (χ1n) is 15.4. The summed E-state index contributed by atoms with van der Waals surface area (Å²) in [5.74, 6) is -0.0526. The van der Waals surface area contributed by atoms with Crippen molar-refractivity contribution in [2.45, 2.75) is 101 Å². The second-order valence-electron chi connectivity index (χ2n) is 11.9. The quantitative estimate of drug-likeness (QED) is 0.0912. The molecule has 0 atom stereocenters. The van der Waals surface area contributed by atoms with Crippen LogP contribution in [0.2, 0.25) is 0 Å². The molecule has 234 valence electrons. The average Bonchev–Trinajstić information content (AvgIpc) is 2.93. The number of carbonyl (C=O) groups excluding carboxylic acids is 1. The van der Waals surface area contributed by atoms with Crippen LogP contribution in [0.3, 0.4) is 0 Å². The van der Waals surface area contributed by atoms with Gasteiger partial charge in [-0.2, -0.15) is 0 Å². The summed E-state index contributed by atoms with van der Waals surface area (Å²) in [5, 5.41) is 0. The number of rotatable bonds is 18. The first-order valence-corrected chi connectivity index (χ1v) is 15.4. The fraction of sp³-hybridized carbons (Fsp3) is 0.390. The molecule has 0 rings (SSSR count). The summed E-state index contributed by atoms with van der Waals surface area (Å²) in [6, 6.07) is 0. The summed E-state index contributed by atoms with van der Waals surface area (Å²) >= 11 is 0. The van der Waals surface area contributed by atoms with Crippen molar-refractivity contribution in [1.29, 1.82) is 0 Å². The maximum Gasteiger partial charge on any atom is 0.186 e. The topological polar surface area (TPSA) is 26.3 Å². The van der Waals surface area contributed by atoms with Gasteiger partial charge in [0.05, 0.1) is 0 Å². The highest BCUT2D eigenvalue weighted by Crippen LogP contribution is 2.12. The van der Waals surface area contributed by atoms with Gasteiger partial charge in [0.1, 0.15) is 5.60 Å². The van der Waals surface area contributed by atoms with Crippen molar-refractivity contribution in [3.8, 4) is 0 Å². The summed E-state index contributed by atoms with van der Waals surface area (Å²) in [4.78, 5) is 12.1. The maximum absolute atomic E-state index is 12.1. The number of methoxy groups -OCH3 is 1. The van der Waals surface area contributed by atoms with Gasteiger partial charge in [-0.1, -0.05) is 136 Å². The molecule has 0 fully saturated rings. The first kappa shape index (κ1) is 39.5. The minimum atomic E-state index is -0.799. The highest BCUT2D eigenvalue weighted by Gasteiger charge is 2.23. The zero-order valence-corrected chi connectivity index (χ0v) is 29.0. The predicted molar refractivity (Wildman–Crippen MR) is 192 cm³/mol. The molecule has 0 unspecified atom stereocenters. The lowest BCUT2D eigenvalue weighted by Gasteiger charge is -2.18. The summed E-state index contributed by atoms with van der Waals surface area (Å²) in [6.07, 6.45) is 39.7. The fourth-order valence-electron chi connectivity index (χ4n) is 3.53. The largest absolute Gasteiger partial charge is 0.371 e. The molecule has 0 saturated heterocycles. The van der Waals surface area contributed by atoms with Crippen molar-refractivity contribution in [2.24, 2.45) is 0 Å². The van der Waals surface area contributed by atoms with Crippen molar-refractivity contribution in [1.82, 2.24) is 0 Å². The Morgan fingerprint density at radius 3 is 1.44 bits per heavy atom. The minimum Gasteiger partial charge on any atom is -0.371 e. The summed E-state index contributed by atoms with van der Waals surface area (Å²) in [5.41, 5.74) is 8.01. The van der Waals surface area contributed by atoms with Crippen LogP contribution in [-0.4, -0.2) is 18.5 Å². The van der Waals surface area contributed by atoms with E-state index in [1.54, 1.807) is 27.0 Å². The Labute approximate surface area is 264 Å². The SMILES string of the molecule is COC(C)(C)C(=O)/C=C/C(C)=C/C=C/C(C)=C/C=C/C(C)=C/C=C/C=C(C)/C=C/C=C(\C)CC/C=C(/C)CCC=C(C)C. The standard InChI is InChI=1S/C41H58O2/c1-33(2)19-14-22-36(5)25-17-28-37(6)26-15-23-34(3)20-12-13-21-35(4)24-16-27-38(7)29-18-30-39(8)31-32-40(42)41(9,10)43-11/h12-13,15-16,18-21,23-27,29-32H,14,17,22,28H2,1-11H3/b13-12+,23-15+,24-16+,29-18+,32-31+,34-20+,35-21+,36-25-,37-26+,38-27+,39-30+. The number of ether oxygens (including phenoxy) is 1. The molecule has 2 heteroatoms. The average molecular weight is 583 g/mol. The second-order valence-corrected chi connectivity index (χ2v) is 11.9. The Bertz CT molecular complexity index is 1230. The van der Waals surface area contributed by atoms with Crippen LogP contribution in [0.25, 0.3) is 0 Å². The first-order chi connectivity index (χ1) is 20.3. The third-order valence-electron chi connectivity index (χ3n) is 6.73. The van der Waals surface area contributed by atoms with Gasteiger partial charge in [-0.15, -0.1) is 0 Å². The molecular formula is C41H58O2. The number of allylic oxidation sites excluding steroid dienone is 23. The Morgan fingerprint density at radius 1 is 0.535 bits per heavy atom. The van der Waals surface area contributed by atoms with Crippen LogP contribution in [0, 0.1) is 0 Å². The van der Waals surface area contributed by atoms with Crippen LogP contribution in [0.5, 0.6) is 0 Å². The van der Waals surface area contributed by atoms with E-state index >= 15 is 0 Å². The molecule has 0 aliphatic rings. The smallest absolute Gasteiger partial charge is 0.186 e. The van der Waals surface area contributed by atoms with E-state index in [-0.39, 0.29) is 5.78 Å². The zero-order chi connectivity index (χ0) is 32.7. The van der Waals surface area contributed by atoms with Gasteiger partial charge in [-0.3, -0.25) is 4.79 Å². The molecule has 43 heavy (non-hydrogen) atoms. The Morgan fingerprint density at radius 2 is 0.953 bits per heavy atom. The van der Waals surface area contributed by atoms with E-state index < -0.39 is 5.60 Å². The molecule has 0 bridgehead atoms. The lowest BCUT2D eigenvalue weighted by Crippen LogP contribution is -2.32. The number of hydrogen-bond donors (Lipinski definition) is 0. The Kier molecular flexibility index (Phi) is 21.2. The van der Waals surface area contributed by atoms with E-state index in [2.05, 4.69) is 121 Å². The fourth-order valence-corrected chi connectivity index (χ4v) is 3.53. The molecule has 0 aromatic rings. The van der Waals surface area contributed by atoms with Gasteiger partial charge in [-0.25, -0.2) is 0 Å². The maximum atomic E-state index is 12.1. The van der Waals surface area contributed by atoms with Crippen molar-refractivity contribution < 1.29 is 9.53 Å². The Balaban J connectivity index is 4.73. The Hall–Kier alpha value is -3.49. The van der Waals surface area contributed by atoms with Gasteiger partial charge in [0.2, 0.25) is 0 Å². The molecule has 0 aromatic heterocycles. The van der Waals surface area contributed by atoms with Gasteiger partial charge in [-0.05, 0) is 101 Å². The van der Waals surface area contributed by atoms with E-state index in [9.17, 15) is 4.79 Å². The van der Waals surface area contributed by atoms with Crippen molar-refractivity contribution in [3.05, 3.63) is 142 Å². The number of hydrogen-bond acceptors (Lipinski definition) is 2. The van der Waals surface area contributed by atoms with Crippen molar-refractivity contribution in [3.63, 3.8) is 0 Å². The highest BCUT2D eigenvalue weighted by atomic mass is 16.5. The molecule has 0 saturated carbocycles. The molecule has 0 radical (unpaired) electrons. The zero-order valence-electron chi connectivity index (χ0n) is 29.0. The molecule has 0 aromatic carbocycles. The monoisotopic (exact) mass is 582 g/mol. The van der Waals surface area contributed by atoms with Crippen LogP contribution in [0.4, 0.5) is 0 Å². The molecule has 0 spiro atoms. The second kappa shape index (κ2) is 23.0. The lowest BCUT2D eigenvalue weighted by atomic mass is 10.0. The van der Waals surface area contributed by atoms with Crippen molar-refractivity contribution in [2.75, 3.05) is 7.11 Å². The van der Waals surface area contributed by atoms with E-state index in [1.165, 1.54) is 27.9 Å². The third-order valence-corrected chi connectivity index (χ3v) is 6.73. The molecule has 2 nitrogen and oxygen atoms in total. The van der Waals surface area contributed by atoms with Gasteiger partial charge >= 0.3 is 0 Å². The number of carbonyl (C=O) groups is 1. The molecule has 0 heterocycles. The van der Waals surface area contributed by atoms with E-state index in [1.807, 2.05) is 31.2 Å². The molecular weight excluding hydrogens is 524 g/mol. The third kappa shape index (κ3) is 22.7. The van der Waals surface area contributed by atoms with Gasteiger partial charge in [0.25, 0.3) is 0 Å². The molecule has 0 aliphatic heterocycles. The van der Waals surface area contributed by atoms with Crippen LogP contribution < -0.4 is 0 Å².